The van der Waals surface area contributed by atoms with E-state index in [1.165, 1.54) is 18.4 Å². The quantitative estimate of drug-likeness (QED) is 0.608. The first-order chi connectivity index (χ1) is 15.2. The van der Waals surface area contributed by atoms with Crippen molar-refractivity contribution in [3.63, 3.8) is 0 Å². The Morgan fingerprint density at radius 3 is 2.61 bits per heavy atom. The van der Waals surface area contributed by atoms with E-state index in [0.29, 0.717) is 26.2 Å². The van der Waals surface area contributed by atoms with Crippen LogP contribution in [-0.4, -0.2) is 30.6 Å². The van der Waals surface area contributed by atoms with Gasteiger partial charge in [0.25, 0.3) is 0 Å². The van der Waals surface area contributed by atoms with E-state index in [0.717, 1.165) is 40.6 Å². The number of hydrogen-bond donors (Lipinski definition) is 1. The second-order valence-corrected chi connectivity index (χ2v) is 9.17. The summed E-state index contributed by atoms with van der Waals surface area (Å²) in [5.41, 5.74) is 3.10. The Morgan fingerprint density at radius 2 is 1.81 bits per heavy atom. The molecule has 2 heterocycles. The number of thiazole rings is 1. The van der Waals surface area contributed by atoms with Crippen molar-refractivity contribution in [3.05, 3.63) is 65.2 Å². The lowest BCUT2D eigenvalue weighted by molar-refractivity contribution is -0.120. The number of carbonyl (C=O) groups is 1. The number of nitrogens with one attached hydrogen (secondary N) is 1. The molecule has 1 aromatic heterocycles. The van der Waals surface area contributed by atoms with E-state index in [1.54, 1.807) is 11.3 Å². The highest BCUT2D eigenvalue weighted by atomic mass is 32.1. The summed E-state index contributed by atoms with van der Waals surface area (Å²) in [5, 5.41) is 6.13. The van der Waals surface area contributed by atoms with Gasteiger partial charge in [0.1, 0.15) is 18.2 Å². The molecular formula is C25H26N2O3S. The number of amides is 1. The van der Waals surface area contributed by atoms with Gasteiger partial charge in [-0.25, -0.2) is 4.98 Å². The second-order valence-electron chi connectivity index (χ2n) is 8.31. The Bertz CT molecular complexity index is 1060. The molecule has 0 radical (unpaired) electrons. The van der Waals surface area contributed by atoms with Gasteiger partial charge >= 0.3 is 0 Å². The smallest absolute Gasteiger partial charge is 0.226 e. The maximum atomic E-state index is 12.7. The van der Waals surface area contributed by atoms with Gasteiger partial charge in [-0.2, -0.15) is 0 Å². The first-order valence-corrected chi connectivity index (χ1v) is 11.8. The van der Waals surface area contributed by atoms with Crippen LogP contribution in [0.15, 0.2) is 53.9 Å². The van der Waals surface area contributed by atoms with E-state index in [2.05, 4.69) is 22.4 Å². The molecule has 0 spiro atoms. The Labute approximate surface area is 186 Å². The minimum absolute atomic E-state index is 0.0220. The number of nitrogens with zero attached hydrogens (tertiary/aromatic N) is 1. The summed E-state index contributed by atoms with van der Waals surface area (Å²) in [6.07, 6.45) is 4.80. The average Bonchev–Trinajstić information content (AvgIpc) is 3.49. The third-order valence-corrected chi connectivity index (χ3v) is 7.19. The largest absolute Gasteiger partial charge is 0.486 e. The highest BCUT2D eigenvalue weighted by Crippen LogP contribution is 2.43. The number of rotatable bonds is 6. The van der Waals surface area contributed by atoms with Gasteiger partial charge in [0, 0.05) is 22.9 Å². The maximum Gasteiger partial charge on any atom is 0.226 e. The number of fused-ring (bicyclic) bond motifs is 1. The van der Waals surface area contributed by atoms with Gasteiger partial charge in [0.05, 0.1) is 12.1 Å². The van der Waals surface area contributed by atoms with E-state index in [4.69, 9.17) is 9.47 Å². The van der Waals surface area contributed by atoms with Gasteiger partial charge in [-0.15, -0.1) is 11.3 Å². The molecule has 0 saturated heterocycles. The predicted octanol–water partition coefficient (Wildman–Crippen LogP) is 4.75. The van der Waals surface area contributed by atoms with E-state index in [9.17, 15) is 4.79 Å². The van der Waals surface area contributed by atoms with Gasteiger partial charge in [-0.3, -0.25) is 4.79 Å². The fourth-order valence-electron chi connectivity index (χ4n) is 4.59. The minimum atomic E-state index is -0.0389. The van der Waals surface area contributed by atoms with Gasteiger partial charge in [0.2, 0.25) is 5.91 Å². The molecule has 1 fully saturated rings. The van der Waals surface area contributed by atoms with Crippen molar-refractivity contribution in [1.29, 1.82) is 0 Å². The zero-order valence-electron chi connectivity index (χ0n) is 17.4. The maximum absolute atomic E-state index is 12.7. The Morgan fingerprint density at radius 1 is 1.03 bits per heavy atom. The topological polar surface area (TPSA) is 60.5 Å². The third kappa shape index (κ3) is 4.30. The molecule has 0 bridgehead atoms. The Balaban J connectivity index is 1.25. The summed E-state index contributed by atoms with van der Waals surface area (Å²) in [6, 6.07) is 16.3. The molecule has 1 aliphatic carbocycles. The minimum Gasteiger partial charge on any atom is -0.486 e. The molecule has 3 aromatic rings. The van der Waals surface area contributed by atoms with Crippen LogP contribution in [0.4, 0.5) is 0 Å². The van der Waals surface area contributed by atoms with Crippen LogP contribution < -0.4 is 14.8 Å². The molecule has 1 saturated carbocycles. The van der Waals surface area contributed by atoms with Crippen LogP contribution in [0.3, 0.4) is 0 Å². The number of hydrogen-bond acceptors (Lipinski definition) is 5. The van der Waals surface area contributed by atoms with E-state index in [-0.39, 0.29) is 11.3 Å². The zero-order chi connectivity index (χ0) is 21.1. The number of carbonyl (C=O) groups excluding carboxylic acids is 1. The molecule has 160 valence electrons. The zero-order valence-corrected chi connectivity index (χ0v) is 18.2. The molecule has 5 rings (SSSR count). The molecule has 2 aromatic carbocycles. The molecule has 1 N–H and O–H groups in total. The van der Waals surface area contributed by atoms with Crippen molar-refractivity contribution < 1.29 is 14.3 Å². The number of benzene rings is 2. The Hall–Kier alpha value is -2.86. The Kier molecular flexibility index (Phi) is 5.64. The predicted molar refractivity (Wildman–Crippen MR) is 122 cm³/mol. The van der Waals surface area contributed by atoms with Crippen molar-refractivity contribution >= 4 is 17.2 Å². The summed E-state index contributed by atoms with van der Waals surface area (Å²) in [5.74, 6) is 1.65. The fourth-order valence-corrected chi connectivity index (χ4v) is 5.41. The summed E-state index contributed by atoms with van der Waals surface area (Å²) in [6.45, 7) is 1.82. The van der Waals surface area contributed by atoms with Crippen LogP contribution in [-0.2, 0) is 16.6 Å². The van der Waals surface area contributed by atoms with Gasteiger partial charge in [0.15, 0.2) is 11.5 Å². The fraction of sp³-hybridized carbons (Fsp3) is 0.360. The summed E-state index contributed by atoms with van der Waals surface area (Å²) >= 11 is 1.58. The lowest BCUT2D eigenvalue weighted by Gasteiger charge is -2.31. The SMILES string of the molecule is O=C(Cc1csc(-c2ccccc2)n1)NCC1(c2ccc3c(c2)OCCO3)CCCC1. The van der Waals surface area contributed by atoms with Crippen molar-refractivity contribution in [2.45, 2.75) is 37.5 Å². The first-order valence-electron chi connectivity index (χ1n) is 10.9. The molecule has 6 heteroatoms. The first kappa shape index (κ1) is 20.1. The number of aromatic nitrogens is 1. The van der Waals surface area contributed by atoms with Crippen LogP contribution in [0.2, 0.25) is 0 Å². The molecule has 0 unspecified atom stereocenters. The molecule has 1 aliphatic heterocycles. The van der Waals surface area contributed by atoms with E-state index in [1.807, 2.05) is 41.8 Å². The second kappa shape index (κ2) is 8.71. The normalized spacial score (nSPS) is 16.8. The summed E-state index contributed by atoms with van der Waals surface area (Å²) in [4.78, 5) is 17.4. The van der Waals surface area contributed by atoms with Crippen LogP contribution in [0, 0.1) is 0 Å². The van der Waals surface area contributed by atoms with E-state index >= 15 is 0 Å². The van der Waals surface area contributed by atoms with Gasteiger partial charge < -0.3 is 14.8 Å². The van der Waals surface area contributed by atoms with Crippen molar-refractivity contribution in [2.75, 3.05) is 19.8 Å². The molecule has 31 heavy (non-hydrogen) atoms. The number of ether oxygens (including phenoxy) is 2. The lowest BCUT2D eigenvalue weighted by atomic mass is 9.78. The summed E-state index contributed by atoms with van der Waals surface area (Å²) in [7, 11) is 0. The van der Waals surface area contributed by atoms with Crippen LogP contribution >= 0.6 is 11.3 Å². The molecule has 2 aliphatic rings. The molecule has 0 atom stereocenters. The standard InChI is InChI=1S/C25H26N2O3S/c28-23(15-20-16-31-24(27-20)18-6-2-1-3-7-18)26-17-25(10-4-5-11-25)19-8-9-21-22(14-19)30-13-12-29-21/h1-3,6-9,14,16H,4-5,10-13,15,17H2,(H,26,28). The molecule has 5 nitrogen and oxygen atoms in total. The highest BCUT2D eigenvalue weighted by Gasteiger charge is 2.36. The monoisotopic (exact) mass is 434 g/mol. The van der Waals surface area contributed by atoms with Crippen molar-refractivity contribution in [3.8, 4) is 22.1 Å². The molecule has 1 amide bonds. The lowest BCUT2D eigenvalue weighted by Crippen LogP contribution is -2.39. The van der Waals surface area contributed by atoms with Crippen molar-refractivity contribution in [1.82, 2.24) is 10.3 Å². The third-order valence-electron chi connectivity index (χ3n) is 6.25. The highest BCUT2D eigenvalue weighted by molar-refractivity contribution is 7.13. The van der Waals surface area contributed by atoms with Crippen LogP contribution in [0.5, 0.6) is 11.5 Å². The van der Waals surface area contributed by atoms with Crippen molar-refractivity contribution in [2.24, 2.45) is 0 Å². The molecular weight excluding hydrogens is 408 g/mol. The van der Waals surface area contributed by atoms with Gasteiger partial charge in [-0.05, 0) is 30.5 Å². The summed E-state index contributed by atoms with van der Waals surface area (Å²) < 4.78 is 11.5. The van der Waals surface area contributed by atoms with Gasteiger partial charge in [-0.1, -0.05) is 49.2 Å². The average molecular weight is 435 g/mol. The van der Waals surface area contributed by atoms with Crippen LogP contribution in [0.1, 0.15) is 36.9 Å². The van der Waals surface area contributed by atoms with Crippen LogP contribution in [0.25, 0.3) is 10.6 Å². The van der Waals surface area contributed by atoms with E-state index < -0.39 is 0 Å².